The molecule has 1 amide bonds. The monoisotopic (exact) mass is 292 g/mol. The Balaban J connectivity index is 1.90. The lowest BCUT2D eigenvalue weighted by Crippen LogP contribution is -2.21. The molecule has 1 aliphatic rings. The Morgan fingerprint density at radius 1 is 1.05 bits per heavy atom. The lowest BCUT2D eigenvalue weighted by Gasteiger charge is -2.11. The molecule has 2 aromatic rings. The van der Waals surface area contributed by atoms with Gasteiger partial charge < -0.3 is 4.74 Å². The second-order valence-electron chi connectivity index (χ2n) is 4.97. The average molecular weight is 292 g/mol. The van der Waals surface area contributed by atoms with E-state index in [1.807, 2.05) is 67.6 Å². The highest BCUT2D eigenvalue weighted by Crippen LogP contribution is 2.25. The molecule has 0 aromatic heterocycles. The van der Waals surface area contributed by atoms with Crippen LogP contribution in [0.1, 0.15) is 12.5 Å². The van der Waals surface area contributed by atoms with Crippen molar-refractivity contribution in [2.75, 3.05) is 12.1 Å². The van der Waals surface area contributed by atoms with E-state index in [4.69, 9.17) is 4.74 Å². The van der Waals surface area contributed by atoms with Crippen LogP contribution < -0.4 is 9.75 Å². The maximum absolute atomic E-state index is 12.6. The highest BCUT2D eigenvalue weighted by Gasteiger charge is 2.28. The van der Waals surface area contributed by atoms with Gasteiger partial charge in [0.15, 0.2) is 0 Å². The third kappa shape index (κ3) is 2.63. The van der Waals surface area contributed by atoms with Crippen molar-refractivity contribution in [2.24, 2.45) is 5.10 Å². The Morgan fingerprint density at radius 3 is 2.36 bits per heavy atom. The first-order valence-corrected chi connectivity index (χ1v) is 7.00. The van der Waals surface area contributed by atoms with Gasteiger partial charge in [0.05, 0.1) is 24.1 Å². The smallest absolute Gasteiger partial charge is 0.280 e. The van der Waals surface area contributed by atoms with E-state index in [9.17, 15) is 4.79 Å². The molecule has 0 atom stereocenters. The minimum Gasteiger partial charge on any atom is -0.497 e. The summed E-state index contributed by atoms with van der Waals surface area (Å²) < 4.78 is 5.14. The quantitative estimate of drug-likeness (QED) is 0.812. The first-order valence-electron chi connectivity index (χ1n) is 7.00. The van der Waals surface area contributed by atoms with Gasteiger partial charge in [-0.3, -0.25) is 4.79 Å². The summed E-state index contributed by atoms with van der Waals surface area (Å²) >= 11 is 0. The van der Waals surface area contributed by atoms with E-state index < -0.39 is 0 Å². The van der Waals surface area contributed by atoms with Crippen LogP contribution in [0.25, 0.3) is 6.08 Å². The van der Waals surface area contributed by atoms with Gasteiger partial charge in [-0.05, 0) is 42.8 Å². The highest BCUT2D eigenvalue weighted by atomic mass is 16.5. The molecule has 1 heterocycles. The number of anilines is 1. The van der Waals surface area contributed by atoms with Gasteiger partial charge in [-0.25, -0.2) is 0 Å². The summed E-state index contributed by atoms with van der Waals surface area (Å²) in [6.45, 7) is 1.84. The van der Waals surface area contributed by atoms with Crippen LogP contribution in [0, 0.1) is 0 Å². The van der Waals surface area contributed by atoms with Gasteiger partial charge in [-0.15, -0.1) is 0 Å². The highest BCUT2D eigenvalue weighted by molar-refractivity contribution is 6.32. The van der Waals surface area contributed by atoms with Crippen LogP contribution >= 0.6 is 0 Å². The average Bonchev–Trinajstić information content (AvgIpc) is 2.84. The Bertz CT molecular complexity index is 746. The predicted molar refractivity (Wildman–Crippen MR) is 88.0 cm³/mol. The van der Waals surface area contributed by atoms with Crippen LogP contribution in [0.3, 0.4) is 0 Å². The zero-order valence-corrected chi connectivity index (χ0v) is 12.5. The fourth-order valence-electron chi connectivity index (χ4n) is 2.30. The zero-order chi connectivity index (χ0) is 15.5. The van der Waals surface area contributed by atoms with Gasteiger partial charge in [0.2, 0.25) is 0 Å². The molecule has 4 heteroatoms. The SMILES string of the molecule is COc1ccc(C=C2C(=O)N(c3ccccc3)N=C2C)cc1. The van der Waals surface area contributed by atoms with E-state index in [2.05, 4.69) is 5.10 Å². The van der Waals surface area contributed by atoms with E-state index in [1.54, 1.807) is 7.11 Å². The van der Waals surface area contributed by atoms with Crippen molar-refractivity contribution in [3.05, 3.63) is 65.7 Å². The van der Waals surface area contributed by atoms with Gasteiger partial charge in [-0.2, -0.15) is 10.1 Å². The van der Waals surface area contributed by atoms with Crippen molar-refractivity contribution in [1.82, 2.24) is 0 Å². The number of hydrogen-bond donors (Lipinski definition) is 0. The molecule has 3 rings (SSSR count). The second-order valence-corrected chi connectivity index (χ2v) is 4.97. The van der Waals surface area contributed by atoms with Crippen molar-refractivity contribution in [3.8, 4) is 5.75 Å². The molecule has 1 aliphatic heterocycles. The molecule has 22 heavy (non-hydrogen) atoms. The van der Waals surface area contributed by atoms with E-state index in [-0.39, 0.29) is 5.91 Å². The summed E-state index contributed by atoms with van der Waals surface area (Å²) in [4.78, 5) is 12.6. The van der Waals surface area contributed by atoms with Crippen molar-refractivity contribution in [1.29, 1.82) is 0 Å². The van der Waals surface area contributed by atoms with Crippen molar-refractivity contribution in [3.63, 3.8) is 0 Å². The van der Waals surface area contributed by atoms with Crippen LogP contribution in [0.15, 0.2) is 65.3 Å². The zero-order valence-electron chi connectivity index (χ0n) is 12.5. The van der Waals surface area contributed by atoms with Gasteiger partial charge in [-0.1, -0.05) is 30.3 Å². The molecule has 0 saturated carbocycles. The van der Waals surface area contributed by atoms with E-state index in [1.165, 1.54) is 5.01 Å². The number of ether oxygens (including phenoxy) is 1. The number of hydrazone groups is 1. The lowest BCUT2D eigenvalue weighted by atomic mass is 10.1. The first kappa shape index (κ1) is 14.1. The summed E-state index contributed by atoms with van der Waals surface area (Å²) in [5.41, 5.74) is 3.03. The summed E-state index contributed by atoms with van der Waals surface area (Å²) in [7, 11) is 1.63. The lowest BCUT2D eigenvalue weighted by molar-refractivity contribution is -0.114. The molecule has 0 N–H and O–H groups in total. The van der Waals surface area contributed by atoms with Crippen LogP contribution in [-0.4, -0.2) is 18.7 Å². The Morgan fingerprint density at radius 2 is 1.73 bits per heavy atom. The van der Waals surface area contributed by atoms with Gasteiger partial charge in [0, 0.05) is 0 Å². The molecule has 0 spiro atoms. The summed E-state index contributed by atoms with van der Waals surface area (Å²) in [5.74, 6) is 0.677. The molecule has 2 aromatic carbocycles. The van der Waals surface area contributed by atoms with Crippen LogP contribution in [0.4, 0.5) is 5.69 Å². The molecule has 0 bridgehead atoms. The van der Waals surface area contributed by atoms with Crippen LogP contribution in [0.2, 0.25) is 0 Å². The van der Waals surface area contributed by atoms with Gasteiger partial charge in [0.25, 0.3) is 5.91 Å². The number of para-hydroxylation sites is 1. The third-order valence-corrected chi connectivity index (χ3v) is 3.49. The van der Waals surface area contributed by atoms with Crippen molar-refractivity contribution in [2.45, 2.75) is 6.92 Å². The largest absolute Gasteiger partial charge is 0.497 e. The van der Waals surface area contributed by atoms with Crippen molar-refractivity contribution >= 4 is 23.4 Å². The summed E-state index contributed by atoms with van der Waals surface area (Å²) in [5, 5.41) is 5.79. The molecular weight excluding hydrogens is 276 g/mol. The Hall–Kier alpha value is -2.88. The maximum atomic E-state index is 12.6. The van der Waals surface area contributed by atoms with Crippen LogP contribution in [0.5, 0.6) is 5.75 Å². The normalized spacial score (nSPS) is 16.1. The number of amides is 1. The number of nitrogens with zero attached hydrogens (tertiary/aromatic N) is 2. The van der Waals surface area contributed by atoms with Crippen LogP contribution in [-0.2, 0) is 4.79 Å². The van der Waals surface area contributed by atoms with E-state index in [0.29, 0.717) is 11.3 Å². The third-order valence-electron chi connectivity index (χ3n) is 3.49. The number of hydrogen-bond acceptors (Lipinski definition) is 3. The molecule has 0 radical (unpaired) electrons. The predicted octanol–water partition coefficient (Wildman–Crippen LogP) is 3.50. The first-order chi connectivity index (χ1) is 10.7. The Kier molecular flexibility index (Phi) is 3.74. The molecule has 0 saturated heterocycles. The van der Waals surface area contributed by atoms with Crippen molar-refractivity contribution < 1.29 is 9.53 Å². The minimum atomic E-state index is -0.112. The maximum Gasteiger partial charge on any atom is 0.280 e. The summed E-state index contributed by atoms with van der Waals surface area (Å²) in [6, 6.07) is 17.0. The number of carbonyl (C=O) groups excluding carboxylic acids is 1. The fourth-order valence-corrected chi connectivity index (χ4v) is 2.30. The molecular formula is C18H16N2O2. The standard InChI is InChI=1S/C18H16N2O2/c1-13-17(12-14-8-10-16(22-2)11-9-14)18(21)20(19-13)15-6-4-3-5-7-15/h3-12H,1-2H3. The molecule has 110 valence electrons. The fraction of sp³-hybridized carbons (Fsp3) is 0.111. The van der Waals surface area contributed by atoms with E-state index >= 15 is 0 Å². The number of benzene rings is 2. The van der Waals surface area contributed by atoms with Gasteiger partial charge >= 0.3 is 0 Å². The molecule has 0 fully saturated rings. The molecule has 4 nitrogen and oxygen atoms in total. The minimum absolute atomic E-state index is 0.112. The molecule has 0 unspecified atom stereocenters. The second kappa shape index (κ2) is 5.85. The summed E-state index contributed by atoms with van der Waals surface area (Å²) in [6.07, 6.45) is 1.85. The number of rotatable bonds is 3. The number of carbonyl (C=O) groups is 1. The van der Waals surface area contributed by atoms with E-state index in [0.717, 1.165) is 17.0 Å². The topological polar surface area (TPSA) is 41.9 Å². The Labute approximate surface area is 129 Å². The van der Waals surface area contributed by atoms with Gasteiger partial charge in [0.1, 0.15) is 5.75 Å². The number of methoxy groups -OCH3 is 1. The molecule has 0 aliphatic carbocycles.